The first-order chi connectivity index (χ1) is 8.56. The molecule has 7 heteroatoms. The fourth-order valence-corrected chi connectivity index (χ4v) is 1.12. The topological polar surface area (TPSA) is 122 Å². The number of rotatable bonds is 7. The number of carboxylic acids is 1. The van der Waals surface area contributed by atoms with E-state index in [1.807, 2.05) is 27.7 Å². The first kappa shape index (κ1) is 17.2. The first-order valence-corrected chi connectivity index (χ1v) is 6.11. The highest BCUT2D eigenvalue weighted by molar-refractivity contribution is 5.87. The van der Waals surface area contributed by atoms with E-state index in [0.29, 0.717) is 12.5 Å². The maximum absolute atomic E-state index is 11.6. The monoisotopic (exact) mass is 273 g/mol. The molecule has 0 saturated heterocycles. The Morgan fingerprint density at radius 3 is 2.16 bits per heavy atom. The fourth-order valence-electron chi connectivity index (χ4n) is 1.12. The van der Waals surface area contributed by atoms with Crippen LogP contribution in [0, 0.1) is 11.3 Å². The van der Waals surface area contributed by atoms with Gasteiger partial charge >= 0.3 is 12.0 Å². The van der Waals surface area contributed by atoms with Crippen LogP contribution in [0.25, 0.3) is 0 Å². The molecule has 3 amide bonds. The minimum atomic E-state index is -1.31. The van der Waals surface area contributed by atoms with Gasteiger partial charge in [0.15, 0.2) is 0 Å². The van der Waals surface area contributed by atoms with Crippen LogP contribution < -0.4 is 16.4 Å². The summed E-state index contributed by atoms with van der Waals surface area (Å²) in [5.41, 5.74) is 4.80. The van der Waals surface area contributed by atoms with E-state index < -0.39 is 30.4 Å². The van der Waals surface area contributed by atoms with Crippen molar-refractivity contribution in [1.82, 2.24) is 10.6 Å². The second kappa shape index (κ2) is 6.96. The molecular formula is C12H23N3O4. The van der Waals surface area contributed by atoms with Gasteiger partial charge < -0.3 is 21.5 Å². The third-order valence-corrected chi connectivity index (χ3v) is 3.28. The van der Waals surface area contributed by atoms with E-state index in [4.69, 9.17) is 10.8 Å². The highest BCUT2D eigenvalue weighted by Gasteiger charge is 2.25. The van der Waals surface area contributed by atoms with E-state index in [-0.39, 0.29) is 5.41 Å². The Labute approximate surface area is 112 Å². The van der Waals surface area contributed by atoms with E-state index in [0.717, 1.165) is 0 Å². The standard InChI is InChI=1S/C12H23N3O4/c1-7(2)12(3,4)6-14-11(19)15-8(10(17)18)5-9(13)16/h7-8H,5-6H2,1-4H3,(H2,13,16)(H,17,18)(H2,14,15,19)/t8-/m1/s1. The van der Waals surface area contributed by atoms with E-state index in [9.17, 15) is 14.4 Å². The number of aliphatic carboxylic acids is 1. The minimum Gasteiger partial charge on any atom is -0.480 e. The number of urea groups is 1. The number of hydrogen-bond acceptors (Lipinski definition) is 3. The van der Waals surface area contributed by atoms with Crippen molar-refractivity contribution in [2.45, 2.75) is 40.2 Å². The number of hydrogen-bond donors (Lipinski definition) is 4. The third-order valence-electron chi connectivity index (χ3n) is 3.28. The zero-order valence-corrected chi connectivity index (χ0v) is 11.8. The van der Waals surface area contributed by atoms with E-state index in [1.54, 1.807) is 0 Å². The molecule has 5 N–H and O–H groups in total. The molecule has 0 unspecified atom stereocenters. The lowest BCUT2D eigenvalue weighted by atomic mass is 9.81. The van der Waals surface area contributed by atoms with Crippen molar-refractivity contribution in [1.29, 1.82) is 0 Å². The fraction of sp³-hybridized carbons (Fsp3) is 0.750. The number of amides is 3. The van der Waals surface area contributed by atoms with Crippen LogP contribution in [0.2, 0.25) is 0 Å². The van der Waals surface area contributed by atoms with Crippen molar-refractivity contribution in [3.63, 3.8) is 0 Å². The molecule has 0 aliphatic heterocycles. The smallest absolute Gasteiger partial charge is 0.326 e. The summed E-state index contributed by atoms with van der Waals surface area (Å²) in [6.07, 6.45) is -0.434. The Balaban J connectivity index is 4.36. The summed E-state index contributed by atoms with van der Waals surface area (Å²) in [4.78, 5) is 33.1. The van der Waals surface area contributed by atoms with Crippen molar-refractivity contribution in [2.75, 3.05) is 6.54 Å². The summed E-state index contributed by atoms with van der Waals surface area (Å²) in [7, 11) is 0. The summed E-state index contributed by atoms with van der Waals surface area (Å²) in [5, 5.41) is 13.6. The van der Waals surface area contributed by atoms with Gasteiger partial charge in [-0.15, -0.1) is 0 Å². The second-order valence-electron chi connectivity index (χ2n) is 5.53. The van der Waals surface area contributed by atoms with Crippen LogP contribution in [0.15, 0.2) is 0 Å². The van der Waals surface area contributed by atoms with Crippen molar-refractivity contribution < 1.29 is 19.5 Å². The molecule has 0 fully saturated rings. The highest BCUT2D eigenvalue weighted by Crippen LogP contribution is 2.24. The lowest BCUT2D eigenvalue weighted by molar-refractivity contribution is -0.140. The third kappa shape index (κ3) is 6.64. The van der Waals surface area contributed by atoms with Crippen LogP contribution in [0.5, 0.6) is 0 Å². The predicted molar refractivity (Wildman–Crippen MR) is 70.4 cm³/mol. The second-order valence-corrected chi connectivity index (χ2v) is 5.53. The quantitative estimate of drug-likeness (QED) is 0.532. The zero-order valence-electron chi connectivity index (χ0n) is 11.8. The van der Waals surface area contributed by atoms with Crippen molar-refractivity contribution in [3.8, 4) is 0 Å². The molecule has 0 aromatic heterocycles. The molecule has 0 spiro atoms. The molecule has 0 aromatic rings. The molecular weight excluding hydrogens is 250 g/mol. The van der Waals surface area contributed by atoms with Crippen molar-refractivity contribution in [2.24, 2.45) is 17.1 Å². The molecule has 0 saturated carbocycles. The van der Waals surface area contributed by atoms with Crippen LogP contribution in [-0.4, -0.2) is 35.6 Å². The van der Waals surface area contributed by atoms with Crippen LogP contribution in [0.1, 0.15) is 34.1 Å². The molecule has 0 rings (SSSR count). The van der Waals surface area contributed by atoms with Gasteiger partial charge in [-0.1, -0.05) is 27.7 Å². The summed E-state index contributed by atoms with van der Waals surface area (Å²) >= 11 is 0. The van der Waals surface area contributed by atoms with Gasteiger partial charge in [-0.3, -0.25) is 4.79 Å². The molecule has 19 heavy (non-hydrogen) atoms. The molecule has 0 aliphatic carbocycles. The summed E-state index contributed by atoms with van der Waals surface area (Å²) in [6.45, 7) is 8.46. The summed E-state index contributed by atoms with van der Waals surface area (Å²) in [5.74, 6) is -1.72. The molecule has 1 atom stereocenters. The molecule has 0 bridgehead atoms. The van der Waals surface area contributed by atoms with Gasteiger partial charge in [0.25, 0.3) is 0 Å². The number of carbonyl (C=O) groups is 3. The normalized spacial score (nSPS) is 12.9. The zero-order chi connectivity index (χ0) is 15.2. The number of carboxylic acid groups (broad SMARTS) is 1. The number of carbonyl (C=O) groups excluding carboxylic acids is 2. The molecule has 0 aliphatic rings. The Morgan fingerprint density at radius 2 is 1.79 bits per heavy atom. The van der Waals surface area contributed by atoms with Crippen LogP contribution in [0.4, 0.5) is 4.79 Å². The van der Waals surface area contributed by atoms with Crippen LogP contribution in [-0.2, 0) is 9.59 Å². The van der Waals surface area contributed by atoms with Gasteiger partial charge in [0.2, 0.25) is 5.91 Å². The van der Waals surface area contributed by atoms with Crippen LogP contribution >= 0.6 is 0 Å². The van der Waals surface area contributed by atoms with Gasteiger partial charge in [0.1, 0.15) is 6.04 Å². The SMILES string of the molecule is CC(C)C(C)(C)CNC(=O)N[C@H](CC(N)=O)C(=O)O. The Bertz CT molecular complexity index is 353. The first-order valence-electron chi connectivity index (χ1n) is 6.11. The molecule has 0 aromatic carbocycles. The molecule has 110 valence electrons. The predicted octanol–water partition coefficient (Wildman–Crippen LogP) is 0.296. The maximum atomic E-state index is 11.6. The van der Waals surface area contributed by atoms with E-state index in [1.165, 1.54) is 0 Å². The Morgan fingerprint density at radius 1 is 1.26 bits per heavy atom. The highest BCUT2D eigenvalue weighted by atomic mass is 16.4. The number of nitrogens with one attached hydrogen (secondary N) is 2. The molecule has 7 nitrogen and oxygen atoms in total. The van der Waals surface area contributed by atoms with Gasteiger partial charge in [0.05, 0.1) is 6.42 Å². The Kier molecular flexibility index (Phi) is 6.31. The van der Waals surface area contributed by atoms with Gasteiger partial charge in [-0.25, -0.2) is 9.59 Å². The Hall–Kier alpha value is -1.79. The minimum absolute atomic E-state index is 0.111. The maximum Gasteiger partial charge on any atom is 0.326 e. The molecule has 0 radical (unpaired) electrons. The van der Waals surface area contributed by atoms with Gasteiger partial charge in [0, 0.05) is 6.54 Å². The van der Waals surface area contributed by atoms with E-state index in [2.05, 4.69) is 10.6 Å². The molecule has 0 heterocycles. The van der Waals surface area contributed by atoms with Gasteiger partial charge in [-0.2, -0.15) is 0 Å². The summed E-state index contributed by atoms with van der Waals surface area (Å²) < 4.78 is 0. The van der Waals surface area contributed by atoms with Crippen LogP contribution in [0.3, 0.4) is 0 Å². The van der Waals surface area contributed by atoms with Gasteiger partial charge in [-0.05, 0) is 11.3 Å². The average Bonchev–Trinajstić information content (AvgIpc) is 2.24. The van der Waals surface area contributed by atoms with E-state index >= 15 is 0 Å². The average molecular weight is 273 g/mol. The van der Waals surface area contributed by atoms with Crippen molar-refractivity contribution >= 4 is 17.9 Å². The lowest BCUT2D eigenvalue weighted by Crippen LogP contribution is -2.49. The summed E-state index contributed by atoms with van der Waals surface area (Å²) in [6, 6.07) is -1.93. The number of primary amides is 1. The lowest BCUT2D eigenvalue weighted by Gasteiger charge is -2.29. The largest absolute Gasteiger partial charge is 0.480 e. The number of nitrogens with two attached hydrogens (primary N) is 1. The van der Waals surface area contributed by atoms with Crippen molar-refractivity contribution in [3.05, 3.63) is 0 Å².